The number of rotatable bonds is 9. The minimum atomic E-state index is -0.579. The molecule has 0 atom stereocenters. The first-order valence-corrected chi connectivity index (χ1v) is 7.95. The molecule has 0 radical (unpaired) electrons. The number of hydrogen-bond donors (Lipinski definition) is 2. The summed E-state index contributed by atoms with van der Waals surface area (Å²) in [6, 6.07) is 10.3. The molecule has 0 saturated carbocycles. The van der Waals surface area contributed by atoms with Crippen molar-refractivity contribution < 1.29 is 28.3 Å². The lowest BCUT2D eigenvalue weighted by molar-refractivity contribution is -0.148. The lowest BCUT2D eigenvalue weighted by Gasteiger charge is -2.08. The maximum absolute atomic E-state index is 11.7. The van der Waals surface area contributed by atoms with Crippen molar-refractivity contribution in [2.75, 3.05) is 20.3 Å². The van der Waals surface area contributed by atoms with Gasteiger partial charge >= 0.3 is 5.97 Å². The Kier molecular flexibility index (Phi) is 7.23. The Labute approximate surface area is 150 Å². The minimum Gasteiger partial charge on any atom is -0.497 e. The van der Waals surface area contributed by atoms with E-state index >= 15 is 0 Å². The number of carbonyl (C=O) groups is 3. The molecule has 0 unspecified atom stereocenters. The van der Waals surface area contributed by atoms with Gasteiger partial charge in [-0.1, -0.05) is 12.1 Å². The number of carbonyl (C=O) groups excluding carboxylic acids is 3. The molecule has 138 valence electrons. The number of amides is 2. The van der Waals surface area contributed by atoms with Crippen LogP contribution in [0.3, 0.4) is 0 Å². The summed E-state index contributed by atoms with van der Waals surface area (Å²) in [6.07, 6.45) is 1.34. The maximum Gasteiger partial charge on any atom is 0.308 e. The number of hydrogen-bond acceptors (Lipinski definition) is 6. The largest absolute Gasteiger partial charge is 0.497 e. The fourth-order valence-corrected chi connectivity index (χ4v) is 1.99. The average molecular weight is 360 g/mol. The Morgan fingerprint density at radius 1 is 1.08 bits per heavy atom. The van der Waals surface area contributed by atoms with Crippen LogP contribution >= 0.6 is 0 Å². The SMILES string of the molecule is COc1ccc(CNC(=O)COC(=O)CCNC(=O)c2ccco2)cc1. The number of ether oxygens (including phenoxy) is 2. The van der Waals surface area contributed by atoms with Crippen LogP contribution in [0.5, 0.6) is 5.75 Å². The summed E-state index contributed by atoms with van der Waals surface area (Å²) in [5, 5.41) is 5.16. The molecular formula is C18H20N2O6. The molecule has 0 aliphatic heterocycles. The Balaban J connectivity index is 1.59. The Morgan fingerprint density at radius 3 is 2.50 bits per heavy atom. The van der Waals surface area contributed by atoms with Crippen molar-refractivity contribution in [2.24, 2.45) is 0 Å². The standard InChI is InChI=1S/C18H20N2O6/c1-24-14-6-4-13(5-7-14)11-20-16(21)12-26-17(22)8-9-19-18(23)15-3-2-10-25-15/h2-7,10H,8-9,11-12H2,1H3,(H,19,23)(H,20,21). The van der Waals surface area contributed by atoms with Crippen LogP contribution < -0.4 is 15.4 Å². The first-order valence-electron chi connectivity index (χ1n) is 7.95. The van der Waals surface area contributed by atoms with Crippen LogP contribution in [0.2, 0.25) is 0 Å². The molecule has 2 N–H and O–H groups in total. The highest BCUT2D eigenvalue weighted by molar-refractivity contribution is 5.91. The molecule has 1 aromatic heterocycles. The van der Waals surface area contributed by atoms with Gasteiger partial charge in [0.15, 0.2) is 12.4 Å². The normalized spacial score (nSPS) is 10.0. The molecule has 0 spiro atoms. The van der Waals surface area contributed by atoms with Gasteiger partial charge < -0.3 is 24.5 Å². The average Bonchev–Trinajstić information content (AvgIpc) is 3.20. The highest BCUT2D eigenvalue weighted by Crippen LogP contribution is 2.10. The van der Waals surface area contributed by atoms with Gasteiger partial charge in [-0.15, -0.1) is 0 Å². The molecule has 8 heteroatoms. The molecule has 2 aromatic rings. The quantitative estimate of drug-likeness (QED) is 0.652. The lowest BCUT2D eigenvalue weighted by atomic mass is 10.2. The first-order chi connectivity index (χ1) is 12.6. The zero-order chi connectivity index (χ0) is 18.8. The van der Waals surface area contributed by atoms with E-state index in [1.165, 1.54) is 12.3 Å². The monoisotopic (exact) mass is 360 g/mol. The second kappa shape index (κ2) is 9.87. The second-order valence-electron chi connectivity index (χ2n) is 5.27. The summed E-state index contributed by atoms with van der Waals surface area (Å²) in [4.78, 5) is 34.8. The lowest BCUT2D eigenvalue weighted by Crippen LogP contribution is -2.30. The van der Waals surface area contributed by atoms with E-state index in [1.807, 2.05) is 12.1 Å². The zero-order valence-electron chi connectivity index (χ0n) is 14.3. The third-order valence-corrected chi connectivity index (χ3v) is 3.37. The van der Waals surface area contributed by atoms with Crippen LogP contribution in [-0.2, 0) is 20.9 Å². The Hall–Kier alpha value is -3.29. The molecule has 26 heavy (non-hydrogen) atoms. The molecule has 0 aliphatic carbocycles. The summed E-state index contributed by atoms with van der Waals surface area (Å²) in [5.74, 6) is -0.511. The van der Waals surface area contributed by atoms with E-state index in [1.54, 1.807) is 25.3 Å². The van der Waals surface area contributed by atoms with E-state index in [0.717, 1.165) is 11.3 Å². The van der Waals surface area contributed by atoms with Crippen LogP contribution in [0.4, 0.5) is 0 Å². The molecule has 0 saturated heterocycles. The van der Waals surface area contributed by atoms with Gasteiger partial charge in [-0.05, 0) is 29.8 Å². The number of methoxy groups -OCH3 is 1. The van der Waals surface area contributed by atoms with E-state index in [2.05, 4.69) is 10.6 Å². The van der Waals surface area contributed by atoms with Crippen molar-refractivity contribution in [1.82, 2.24) is 10.6 Å². The second-order valence-corrected chi connectivity index (χ2v) is 5.27. The highest BCUT2D eigenvalue weighted by atomic mass is 16.5. The minimum absolute atomic E-state index is 0.0434. The summed E-state index contributed by atoms with van der Waals surface area (Å²) >= 11 is 0. The molecule has 1 heterocycles. The van der Waals surface area contributed by atoms with Gasteiger partial charge in [-0.25, -0.2) is 0 Å². The molecule has 1 aromatic carbocycles. The Morgan fingerprint density at radius 2 is 1.85 bits per heavy atom. The summed E-state index contributed by atoms with van der Waals surface area (Å²) < 4.78 is 14.8. The van der Waals surface area contributed by atoms with Crippen molar-refractivity contribution in [1.29, 1.82) is 0 Å². The fraction of sp³-hybridized carbons (Fsp3) is 0.278. The van der Waals surface area contributed by atoms with Gasteiger partial charge in [-0.3, -0.25) is 14.4 Å². The first kappa shape index (κ1) is 19.0. The van der Waals surface area contributed by atoms with Crippen LogP contribution in [0.25, 0.3) is 0 Å². The summed E-state index contributed by atoms with van der Waals surface area (Å²) in [6.45, 7) is 0.0343. The van der Waals surface area contributed by atoms with Gasteiger partial charge in [0.25, 0.3) is 11.8 Å². The number of benzene rings is 1. The smallest absolute Gasteiger partial charge is 0.308 e. The molecule has 2 rings (SSSR count). The summed E-state index contributed by atoms with van der Waals surface area (Å²) in [5.41, 5.74) is 0.895. The van der Waals surface area contributed by atoms with Crippen molar-refractivity contribution in [3.63, 3.8) is 0 Å². The van der Waals surface area contributed by atoms with E-state index in [-0.39, 0.29) is 25.3 Å². The third-order valence-electron chi connectivity index (χ3n) is 3.37. The third kappa shape index (κ3) is 6.31. The molecular weight excluding hydrogens is 340 g/mol. The molecule has 0 bridgehead atoms. The van der Waals surface area contributed by atoms with Crippen molar-refractivity contribution in [3.8, 4) is 5.75 Å². The zero-order valence-corrected chi connectivity index (χ0v) is 14.3. The highest BCUT2D eigenvalue weighted by Gasteiger charge is 2.10. The predicted molar refractivity (Wildman–Crippen MR) is 91.5 cm³/mol. The predicted octanol–water partition coefficient (Wildman–Crippen LogP) is 1.27. The Bertz CT molecular complexity index is 725. The molecule has 0 fully saturated rings. The van der Waals surface area contributed by atoms with Gasteiger partial charge in [0.1, 0.15) is 5.75 Å². The molecule has 8 nitrogen and oxygen atoms in total. The fourth-order valence-electron chi connectivity index (χ4n) is 1.99. The topological polar surface area (TPSA) is 107 Å². The van der Waals surface area contributed by atoms with Crippen LogP contribution in [0.1, 0.15) is 22.5 Å². The maximum atomic E-state index is 11.7. The van der Waals surface area contributed by atoms with Crippen LogP contribution in [0.15, 0.2) is 47.1 Å². The van der Waals surface area contributed by atoms with Gasteiger partial charge in [0, 0.05) is 13.1 Å². The van der Waals surface area contributed by atoms with Crippen LogP contribution in [0, 0.1) is 0 Å². The molecule has 2 amide bonds. The van der Waals surface area contributed by atoms with Crippen molar-refractivity contribution in [3.05, 3.63) is 54.0 Å². The van der Waals surface area contributed by atoms with E-state index < -0.39 is 17.8 Å². The number of nitrogens with one attached hydrogen (secondary N) is 2. The van der Waals surface area contributed by atoms with Crippen LogP contribution in [-0.4, -0.2) is 38.0 Å². The summed E-state index contributed by atoms with van der Waals surface area (Å²) in [7, 11) is 1.58. The molecule has 0 aliphatic rings. The van der Waals surface area contributed by atoms with Gasteiger partial charge in [0.2, 0.25) is 0 Å². The van der Waals surface area contributed by atoms with Crippen molar-refractivity contribution in [2.45, 2.75) is 13.0 Å². The van der Waals surface area contributed by atoms with E-state index in [9.17, 15) is 14.4 Å². The van der Waals surface area contributed by atoms with E-state index in [4.69, 9.17) is 13.9 Å². The van der Waals surface area contributed by atoms with Gasteiger partial charge in [-0.2, -0.15) is 0 Å². The number of furan rings is 1. The number of esters is 1. The van der Waals surface area contributed by atoms with E-state index in [0.29, 0.717) is 6.54 Å². The van der Waals surface area contributed by atoms with Gasteiger partial charge in [0.05, 0.1) is 19.8 Å². The van der Waals surface area contributed by atoms with Crippen molar-refractivity contribution >= 4 is 17.8 Å².